The Morgan fingerprint density at radius 3 is 3.05 bits per heavy atom. The molecular weight excluding hydrogens is 268 g/mol. The lowest BCUT2D eigenvalue weighted by molar-refractivity contribution is 0.00858. The molecule has 1 spiro atoms. The fraction of sp³-hybridized carbons (Fsp3) is 0.667. The van der Waals surface area contributed by atoms with E-state index in [2.05, 4.69) is 22.1 Å². The highest BCUT2D eigenvalue weighted by Gasteiger charge is 2.39. The van der Waals surface area contributed by atoms with Gasteiger partial charge in [-0.2, -0.15) is 10.2 Å². The summed E-state index contributed by atoms with van der Waals surface area (Å²) < 4.78 is 5.79. The number of amides is 1. The van der Waals surface area contributed by atoms with Crippen LogP contribution in [0.4, 0.5) is 0 Å². The largest absolute Gasteiger partial charge is 0.379 e. The third-order valence-electron chi connectivity index (χ3n) is 4.41. The fourth-order valence-electron chi connectivity index (χ4n) is 3.43. The second kappa shape index (κ2) is 6.07. The number of carbonyl (C=O) groups is 1. The molecule has 0 N–H and O–H groups in total. The number of hydrogen-bond donors (Lipinski definition) is 0. The normalized spacial score (nSPS) is 27.6. The minimum absolute atomic E-state index is 0.0517. The lowest BCUT2D eigenvalue weighted by Gasteiger charge is -2.43. The van der Waals surface area contributed by atoms with Gasteiger partial charge in [-0.3, -0.25) is 4.79 Å². The molecule has 0 saturated carbocycles. The molecule has 0 bridgehead atoms. The van der Waals surface area contributed by atoms with Crippen LogP contribution in [0.1, 0.15) is 23.2 Å². The van der Waals surface area contributed by atoms with Crippen molar-refractivity contribution in [2.45, 2.75) is 12.8 Å². The zero-order chi connectivity index (χ0) is 14.7. The van der Waals surface area contributed by atoms with Gasteiger partial charge in [0.25, 0.3) is 5.91 Å². The van der Waals surface area contributed by atoms with Crippen LogP contribution in [0.3, 0.4) is 0 Å². The van der Waals surface area contributed by atoms with Crippen molar-refractivity contribution >= 4 is 5.91 Å². The Bertz CT molecular complexity index is 496. The van der Waals surface area contributed by atoms with Crippen molar-refractivity contribution in [2.75, 3.05) is 46.4 Å². The van der Waals surface area contributed by atoms with Gasteiger partial charge in [0.15, 0.2) is 0 Å². The van der Waals surface area contributed by atoms with E-state index in [9.17, 15) is 4.79 Å². The number of nitrogens with zero attached hydrogens (tertiary/aromatic N) is 4. The first kappa shape index (κ1) is 14.4. The minimum atomic E-state index is 0.0517. The molecule has 2 fully saturated rings. The van der Waals surface area contributed by atoms with Crippen LogP contribution in [0.5, 0.6) is 0 Å². The van der Waals surface area contributed by atoms with Crippen LogP contribution in [0.2, 0.25) is 0 Å². The van der Waals surface area contributed by atoms with Gasteiger partial charge in [-0.15, -0.1) is 0 Å². The van der Waals surface area contributed by atoms with Crippen molar-refractivity contribution in [1.29, 1.82) is 0 Å². The molecule has 6 nitrogen and oxygen atoms in total. The summed E-state index contributed by atoms with van der Waals surface area (Å²) in [6, 6.07) is 1.73. The van der Waals surface area contributed by atoms with Crippen molar-refractivity contribution in [3.8, 4) is 0 Å². The maximum absolute atomic E-state index is 12.6. The van der Waals surface area contributed by atoms with Gasteiger partial charge in [0.05, 0.1) is 31.2 Å². The SMILES string of the molecule is CN1CCOC[C@@]2(CCCN(C(=O)c3ccnnc3)C2)C1. The first-order chi connectivity index (χ1) is 10.2. The average molecular weight is 290 g/mol. The fourth-order valence-corrected chi connectivity index (χ4v) is 3.43. The maximum atomic E-state index is 12.6. The maximum Gasteiger partial charge on any atom is 0.255 e. The van der Waals surface area contributed by atoms with E-state index in [1.54, 1.807) is 18.5 Å². The average Bonchev–Trinajstić information content (AvgIpc) is 2.69. The first-order valence-electron chi connectivity index (χ1n) is 7.51. The van der Waals surface area contributed by atoms with E-state index < -0.39 is 0 Å². The van der Waals surface area contributed by atoms with Crippen LogP contribution in [-0.2, 0) is 4.74 Å². The first-order valence-corrected chi connectivity index (χ1v) is 7.51. The van der Waals surface area contributed by atoms with Gasteiger partial charge in [-0.25, -0.2) is 0 Å². The third-order valence-corrected chi connectivity index (χ3v) is 4.41. The molecule has 0 aliphatic carbocycles. The number of hydrogen-bond acceptors (Lipinski definition) is 5. The van der Waals surface area contributed by atoms with Crippen LogP contribution in [-0.4, -0.2) is 72.3 Å². The zero-order valence-corrected chi connectivity index (χ0v) is 12.5. The van der Waals surface area contributed by atoms with Crippen LogP contribution < -0.4 is 0 Å². The summed E-state index contributed by atoms with van der Waals surface area (Å²) in [5.41, 5.74) is 0.685. The van der Waals surface area contributed by atoms with Gasteiger partial charge in [0.1, 0.15) is 0 Å². The summed E-state index contributed by atoms with van der Waals surface area (Å²) in [6.45, 7) is 5.05. The van der Waals surface area contributed by atoms with Crippen LogP contribution in [0, 0.1) is 5.41 Å². The summed E-state index contributed by atoms with van der Waals surface area (Å²) in [7, 11) is 2.13. The molecular formula is C15H22N4O2. The summed E-state index contributed by atoms with van der Waals surface area (Å²) in [5.74, 6) is 0.0517. The smallest absolute Gasteiger partial charge is 0.255 e. The quantitative estimate of drug-likeness (QED) is 0.760. The van der Waals surface area contributed by atoms with E-state index in [1.165, 1.54) is 0 Å². The molecule has 0 aromatic carbocycles. The topological polar surface area (TPSA) is 58.6 Å². The van der Waals surface area contributed by atoms with Crippen LogP contribution >= 0.6 is 0 Å². The Hall–Kier alpha value is -1.53. The van der Waals surface area contributed by atoms with Crippen molar-refractivity contribution in [3.05, 3.63) is 24.0 Å². The van der Waals surface area contributed by atoms with Gasteiger partial charge in [-0.1, -0.05) is 0 Å². The Labute approximate surface area is 125 Å². The monoisotopic (exact) mass is 290 g/mol. The minimum Gasteiger partial charge on any atom is -0.379 e. The van der Waals surface area contributed by atoms with E-state index in [4.69, 9.17) is 4.74 Å². The van der Waals surface area contributed by atoms with Gasteiger partial charge in [-0.05, 0) is 26.0 Å². The summed E-state index contributed by atoms with van der Waals surface area (Å²) >= 11 is 0. The van der Waals surface area contributed by atoms with Crippen molar-refractivity contribution < 1.29 is 9.53 Å². The number of carbonyl (C=O) groups excluding carboxylic acids is 1. The zero-order valence-electron chi connectivity index (χ0n) is 12.5. The molecule has 2 aliphatic rings. The lowest BCUT2D eigenvalue weighted by Crippen LogP contribution is -2.51. The molecule has 2 aliphatic heterocycles. The molecule has 2 saturated heterocycles. The number of likely N-dealkylation sites (tertiary alicyclic amines) is 1. The van der Waals surface area contributed by atoms with E-state index >= 15 is 0 Å². The Kier molecular flexibility index (Phi) is 4.17. The van der Waals surface area contributed by atoms with Crippen molar-refractivity contribution in [3.63, 3.8) is 0 Å². The molecule has 3 rings (SSSR count). The summed E-state index contributed by atoms with van der Waals surface area (Å²) in [4.78, 5) is 16.9. The second-order valence-corrected chi connectivity index (χ2v) is 6.25. The highest BCUT2D eigenvalue weighted by molar-refractivity contribution is 5.93. The molecule has 1 atom stereocenters. The molecule has 21 heavy (non-hydrogen) atoms. The Balaban J connectivity index is 1.74. The highest BCUT2D eigenvalue weighted by atomic mass is 16.5. The van der Waals surface area contributed by atoms with E-state index in [0.29, 0.717) is 5.56 Å². The predicted molar refractivity (Wildman–Crippen MR) is 77.9 cm³/mol. The molecule has 0 radical (unpaired) electrons. The van der Waals surface area contributed by atoms with Gasteiger partial charge in [0.2, 0.25) is 0 Å². The van der Waals surface area contributed by atoms with Crippen molar-refractivity contribution in [1.82, 2.24) is 20.0 Å². The van der Waals surface area contributed by atoms with Crippen LogP contribution in [0.25, 0.3) is 0 Å². The molecule has 6 heteroatoms. The summed E-state index contributed by atoms with van der Waals surface area (Å²) in [6.07, 6.45) is 5.26. The predicted octanol–water partition coefficient (Wildman–Crippen LogP) is 0.661. The molecule has 3 heterocycles. The molecule has 0 unspecified atom stereocenters. The number of rotatable bonds is 1. The van der Waals surface area contributed by atoms with Gasteiger partial charge < -0.3 is 14.5 Å². The molecule has 114 valence electrons. The third kappa shape index (κ3) is 3.22. The number of piperidine rings is 1. The molecule has 1 aromatic rings. The number of aromatic nitrogens is 2. The Morgan fingerprint density at radius 2 is 2.24 bits per heavy atom. The van der Waals surface area contributed by atoms with E-state index in [1.807, 2.05) is 4.90 Å². The van der Waals surface area contributed by atoms with E-state index in [-0.39, 0.29) is 11.3 Å². The number of ether oxygens (including phenoxy) is 1. The second-order valence-electron chi connectivity index (χ2n) is 6.25. The standard InChI is InChI=1S/C15H22N4O2/c1-18-7-8-21-12-15(10-18)4-2-6-19(11-15)14(20)13-3-5-16-17-9-13/h3,5,9H,2,4,6-8,10-12H2,1H3/t15-/m0/s1. The highest BCUT2D eigenvalue weighted by Crippen LogP contribution is 2.33. The Morgan fingerprint density at radius 1 is 1.33 bits per heavy atom. The number of likely N-dealkylation sites (N-methyl/N-ethyl adjacent to an activating group) is 1. The summed E-state index contributed by atoms with van der Waals surface area (Å²) in [5, 5.41) is 7.53. The van der Waals surface area contributed by atoms with Gasteiger partial charge in [0, 0.05) is 31.6 Å². The lowest BCUT2D eigenvalue weighted by atomic mass is 9.80. The van der Waals surface area contributed by atoms with Crippen LogP contribution in [0.15, 0.2) is 18.5 Å². The molecule has 1 amide bonds. The molecule has 1 aromatic heterocycles. The van der Waals surface area contributed by atoms with E-state index in [0.717, 1.165) is 52.2 Å². The van der Waals surface area contributed by atoms with Crippen molar-refractivity contribution in [2.24, 2.45) is 5.41 Å². The van der Waals surface area contributed by atoms with Gasteiger partial charge >= 0.3 is 0 Å².